The largest absolute Gasteiger partial charge is 0.321 e. The topological polar surface area (TPSA) is 72.2 Å². The molecule has 7 heteroatoms. The van der Waals surface area contributed by atoms with Gasteiger partial charge in [0.25, 0.3) is 5.91 Å². The van der Waals surface area contributed by atoms with Crippen LogP contribution < -0.4 is 5.32 Å². The van der Waals surface area contributed by atoms with Crippen molar-refractivity contribution in [3.05, 3.63) is 65.4 Å². The van der Waals surface area contributed by atoms with Crippen molar-refractivity contribution in [1.29, 1.82) is 0 Å². The van der Waals surface area contributed by atoms with Crippen LogP contribution in [0.5, 0.6) is 0 Å². The summed E-state index contributed by atoms with van der Waals surface area (Å²) < 4.78 is 5.76. The van der Waals surface area contributed by atoms with Gasteiger partial charge in [-0.1, -0.05) is 22.7 Å². The number of pyridine rings is 1. The summed E-state index contributed by atoms with van der Waals surface area (Å²) >= 11 is 1.09. The summed E-state index contributed by atoms with van der Waals surface area (Å²) in [5.74, 6) is -0.192. The van der Waals surface area contributed by atoms with Gasteiger partial charge in [-0.15, -0.1) is 5.10 Å². The van der Waals surface area contributed by atoms with Crippen LogP contribution in [0.2, 0.25) is 0 Å². The van der Waals surface area contributed by atoms with Crippen LogP contribution in [0.15, 0.2) is 54.9 Å². The maximum absolute atomic E-state index is 12.2. The smallest absolute Gasteiger partial charge is 0.269 e. The first-order chi connectivity index (χ1) is 11.7. The van der Waals surface area contributed by atoms with E-state index in [1.54, 1.807) is 6.92 Å². The van der Waals surface area contributed by atoms with Gasteiger partial charge in [-0.2, -0.15) is 0 Å². The third kappa shape index (κ3) is 2.65. The number of hydrogen-bond acceptors (Lipinski definition) is 5. The molecule has 0 saturated carbocycles. The van der Waals surface area contributed by atoms with E-state index in [2.05, 4.69) is 19.9 Å². The monoisotopic (exact) mass is 335 g/mol. The zero-order valence-electron chi connectivity index (χ0n) is 12.8. The number of rotatable bonds is 3. The molecule has 0 unspecified atom stereocenters. The van der Waals surface area contributed by atoms with E-state index in [1.807, 2.05) is 59.3 Å². The predicted octanol–water partition coefficient (Wildman–Crippen LogP) is 3.41. The van der Waals surface area contributed by atoms with Crippen LogP contribution in [0, 0.1) is 6.92 Å². The fourth-order valence-electron chi connectivity index (χ4n) is 2.43. The number of carbonyl (C=O) groups excluding carboxylic acids is 1. The Morgan fingerprint density at radius 1 is 1.17 bits per heavy atom. The van der Waals surface area contributed by atoms with Crippen LogP contribution in [0.3, 0.4) is 0 Å². The van der Waals surface area contributed by atoms with Gasteiger partial charge >= 0.3 is 0 Å². The quantitative estimate of drug-likeness (QED) is 0.623. The number of nitrogens with zero attached hydrogens (tertiary/aromatic N) is 4. The second-order valence-corrected chi connectivity index (χ2v) is 6.07. The summed E-state index contributed by atoms with van der Waals surface area (Å²) in [5, 5.41) is 6.71. The average molecular weight is 335 g/mol. The van der Waals surface area contributed by atoms with Crippen LogP contribution in [-0.4, -0.2) is 24.9 Å². The van der Waals surface area contributed by atoms with Crippen LogP contribution in [0.4, 0.5) is 5.69 Å². The fraction of sp³-hybridized carbons (Fsp3) is 0.0588. The molecule has 0 bridgehead atoms. The van der Waals surface area contributed by atoms with Crippen molar-refractivity contribution < 1.29 is 4.79 Å². The number of benzene rings is 1. The molecule has 6 nitrogen and oxygen atoms in total. The van der Waals surface area contributed by atoms with E-state index in [0.717, 1.165) is 34.1 Å². The second kappa shape index (κ2) is 5.86. The minimum atomic E-state index is -0.192. The zero-order valence-corrected chi connectivity index (χ0v) is 13.6. The molecule has 0 radical (unpaired) electrons. The first kappa shape index (κ1) is 14.5. The number of hydrogen-bond donors (Lipinski definition) is 1. The molecular formula is C17H13N5OS. The third-order valence-electron chi connectivity index (χ3n) is 3.66. The van der Waals surface area contributed by atoms with Crippen molar-refractivity contribution in [3.8, 4) is 11.3 Å². The second-order valence-electron chi connectivity index (χ2n) is 5.31. The number of anilines is 1. The molecular weight excluding hydrogens is 322 g/mol. The highest BCUT2D eigenvalue weighted by molar-refractivity contribution is 7.08. The van der Waals surface area contributed by atoms with Crippen molar-refractivity contribution in [3.63, 3.8) is 0 Å². The van der Waals surface area contributed by atoms with Gasteiger partial charge in [-0.3, -0.25) is 4.79 Å². The summed E-state index contributed by atoms with van der Waals surface area (Å²) in [6, 6.07) is 13.5. The molecule has 24 heavy (non-hydrogen) atoms. The summed E-state index contributed by atoms with van der Waals surface area (Å²) in [7, 11) is 0. The molecule has 0 saturated heterocycles. The van der Waals surface area contributed by atoms with Gasteiger partial charge in [0.15, 0.2) is 0 Å². The Morgan fingerprint density at radius 3 is 2.71 bits per heavy atom. The molecule has 0 spiro atoms. The number of nitrogens with one attached hydrogen (secondary N) is 1. The van der Waals surface area contributed by atoms with Crippen molar-refractivity contribution in [2.75, 3.05) is 5.32 Å². The average Bonchev–Trinajstić information content (AvgIpc) is 3.21. The van der Waals surface area contributed by atoms with E-state index in [0.29, 0.717) is 10.6 Å². The molecule has 4 rings (SSSR count). The molecule has 0 atom stereocenters. The molecule has 1 amide bonds. The lowest BCUT2D eigenvalue weighted by Crippen LogP contribution is -2.11. The summed E-state index contributed by atoms with van der Waals surface area (Å²) in [5.41, 5.74) is 4.14. The van der Waals surface area contributed by atoms with Gasteiger partial charge < -0.3 is 9.72 Å². The first-order valence-electron chi connectivity index (χ1n) is 7.35. The maximum atomic E-state index is 12.2. The van der Waals surface area contributed by atoms with Crippen LogP contribution >= 0.6 is 11.5 Å². The Labute approximate surface area is 142 Å². The van der Waals surface area contributed by atoms with E-state index in [-0.39, 0.29) is 5.91 Å². The number of aromatic nitrogens is 4. The van der Waals surface area contributed by atoms with Gasteiger partial charge in [0.05, 0.1) is 11.4 Å². The highest BCUT2D eigenvalue weighted by Crippen LogP contribution is 2.22. The van der Waals surface area contributed by atoms with Crippen molar-refractivity contribution in [1.82, 2.24) is 19.0 Å². The Hall–Kier alpha value is -3.06. The predicted molar refractivity (Wildman–Crippen MR) is 93.2 cm³/mol. The SMILES string of the molecule is Cc1nnsc1C(=O)Nc1ccc(-c2cn3ccccc3n2)cc1. The number of fused-ring (bicyclic) bond motifs is 1. The Balaban J connectivity index is 1.56. The number of aryl methyl sites for hydroxylation is 1. The lowest BCUT2D eigenvalue weighted by molar-refractivity contribution is 0.103. The van der Waals surface area contributed by atoms with Crippen molar-refractivity contribution in [2.24, 2.45) is 0 Å². The molecule has 1 aromatic carbocycles. The summed E-state index contributed by atoms with van der Waals surface area (Å²) in [4.78, 5) is 17.3. The molecule has 118 valence electrons. The van der Waals surface area contributed by atoms with Gasteiger partial charge in [0.2, 0.25) is 0 Å². The van der Waals surface area contributed by atoms with E-state index >= 15 is 0 Å². The highest BCUT2D eigenvalue weighted by Gasteiger charge is 2.13. The lowest BCUT2D eigenvalue weighted by atomic mass is 10.1. The first-order valence-corrected chi connectivity index (χ1v) is 8.12. The van der Waals surface area contributed by atoms with Gasteiger partial charge in [-0.05, 0) is 42.7 Å². The molecule has 0 aliphatic heterocycles. The molecule has 3 aromatic heterocycles. The molecule has 0 fully saturated rings. The molecule has 3 heterocycles. The number of carbonyl (C=O) groups is 1. The van der Waals surface area contributed by atoms with Crippen molar-refractivity contribution >= 4 is 28.8 Å². The maximum Gasteiger partial charge on any atom is 0.269 e. The molecule has 0 aliphatic rings. The molecule has 0 aliphatic carbocycles. The molecule has 4 aromatic rings. The minimum Gasteiger partial charge on any atom is -0.321 e. The lowest BCUT2D eigenvalue weighted by Gasteiger charge is -2.04. The Kier molecular flexibility index (Phi) is 3.55. The summed E-state index contributed by atoms with van der Waals surface area (Å²) in [6.07, 6.45) is 3.95. The van der Waals surface area contributed by atoms with Crippen LogP contribution in [0.1, 0.15) is 15.4 Å². The zero-order chi connectivity index (χ0) is 16.5. The van der Waals surface area contributed by atoms with Gasteiger partial charge in [0.1, 0.15) is 10.5 Å². The molecule has 1 N–H and O–H groups in total. The third-order valence-corrected chi connectivity index (χ3v) is 4.49. The Morgan fingerprint density at radius 2 is 2.00 bits per heavy atom. The highest BCUT2D eigenvalue weighted by atomic mass is 32.1. The normalized spacial score (nSPS) is 10.9. The van der Waals surface area contributed by atoms with E-state index in [9.17, 15) is 4.79 Å². The van der Waals surface area contributed by atoms with Crippen LogP contribution in [0.25, 0.3) is 16.9 Å². The Bertz CT molecular complexity index is 986. The standard InChI is InChI=1S/C17H13N5OS/c1-11-16(24-21-20-11)17(23)18-13-7-5-12(6-8-13)14-10-22-9-3-2-4-15(22)19-14/h2-10H,1H3,(H,18,23). The van der Waals surface area contributed by atoms with E-state index in [1.165, 1.54) is 0 Å². The summed E-state index contributed by atoms with van der Waals surface area (Å²) in [6.45, 7) is 1.77. The van der Waals surface area contributed by atoms with Crippen LogP contribution in [-0.2, 0) is 0 Å². The number of amides is 1. The van der Waals surface area contributed by atoms with Crippen molar-refractivity contribution in [2.45, 2.75) is 6.92 Å². The fourth-order valence-corrected chi connectivity index (χ4v) is 2.98. The minimum absolute atomic E-state index is 0.192. The van der Waals surface area contributed by atoms with E-state index < -0.39 is 0 Å². The van der Waals surface area contributed by atoms with Gasteiger partial charge in [0, 0.05) is 23.6 Å². The number of imidazole rings is 1. The van der Waals surface area contributed by atoms with E-state index in [4.69, 9.17) is 0 Å². The van der Waals surface area contributed by atoms with Gasteiger partial charge in [-0.25, -0.2) is 4.98 Å².